The SMILES string of the molecule is CC(=O)N1CCCC1C(=O)N(Cc1nccs1)CC1COc2ccccc2O1. The van der Waals surface area contributed by atoms with Crippen molar-refractivity contribution >= 4 is 23.2 Å². The van der Waals surface area contributed by atoms with Gasteiger partial charge in [0.15, 0.2) is 17.6 Å². The van der Waals surface area contributed by atoms with Gasteiger partial charge in [-0.05, 0) is 25.0 Å². The van der Waals surface area contributed by atoms with Crippen molar-refractivity contribution in [2.75, 3.05) is 19.7 Å². The summed E-state index contributed by atoms with van der Waals surface area (Å²) < 4.78 is 11.8. The average Bonchev–Trinajstić information content (AvgIpc) is 3.39. The van der Waals surface area contributed by atoms with Crippen molar-refractivity contribution in [3.8, 4) is 11.5 Å². The summed E-state index contributed by atoms with van der Waals surface area (Å²) in [4.78, 5) is 33.0. The molecule has 2 amide bonds. The van der Waals surface area contributed by atoms with Crippen molar-refractivity contribution in [1.82, 2.24) is 14.8 Å². The Bertz CT molecular complexity index is 842. The van der Waals surface area contributed by atoms with Crippen LogP contribution in [-0.2, 0) is 16.1 Å². The maximum Gasteiger partial charge on any atom is 0.245 e. The van der Waals surface area contributed by atoms with Gasteiger partial charge in [0.1, 0.15) is 17.7 Å². The number of hydrogen-bond acceptors (Lipinski definition) is 6. The Labute approximate surface area is 167 Å². The summed E-state index contributed by atoms with van der Waals surface area (Å²) in [5.74, 6) is 1.29. The monoisotopic (exact) mass is 401 g/mol. The van der Waals surface area contributed by atoms with Crippen LogP contribution in [0, 0.1) is 0 Å². The Balaban J connectivity index is 1.51. The molecule has 1 fully saturated rings. The fraction of sp³-hybridized carbons (Fsp3) is 0.450. The summed E-state index contributed by atoms with van der Waals surface area (Å²) in [6.07, 6.45) is 3.00. The molecule has 1 saturated heterocycles. The first-order valence-electron chi connectivity index (χ1n) is 9.44. The number of rotatable bonds is 5. The van der Waals surface area contributed by atoms with E-state index in [1.54, 1.807) is 16.0 Å². The van der Waals surface area contributed by atoms with Crippen molar-refractivity contribution in [2.24, 2.45) is 0 Å². The molecule has 7 nitrogen and oxygen atoms in total. The number of amides is 2. The summed E-state index contributed by atoms with van der Waals surface area (Å²) in [6, 6.07) is 7.12. The molecule has 2 atom stereocenters. The Hall–Kier alpha value is -2.61. The second-order valence-corrected chi connectivity index (χ2v) is 7.99. The average molecular weight is 401 g/mol. The molecule has 3 heterocycles. The van der Waals surface area contributed by atoms with E-state index in [4.69, 9.17) is 9.47 Å². The standard InChI is InChI=1S/C20H23N3O4S/c1-14(24)23-9-4-5-16(23)20(25)22(12-19-21-8-10-28-19)11-15-13-26-17-6-2-3-7-18(17)27-15/h2-3,6-8,10,15-16H,4-5,9,11-13H2,1H3. The number of para-hydroxylation sites is 2. The van der Waals surface area contributed by atoms with Gasteiger partial charge in [0, 0.05) is 25.0 Å². The molecule has 2 aliphatic heterocycles. The van der Waals surface area contributed by atoms with E-state index in [9.17, 15) is 9.59 Å². The molecule has 4 rings (SSSR count). The van der Waals surface area contributed by atoms with Crippen LogP contribution in [0.5, 0.6) is 11.5 Å². The van der Waals surface area contributed by atoms with Gasteiger partial charge in [-0.2, -0.15) is 0 Å². The van der Waals surface area contributed by atoms with Crippen LogP contribution in [0.3, 0.4) is 0 Å². The number of carbonyl (C=O) groups excluding carboxylic acids is 2. The van der Waals surface area contributed by atoms with Crippen LogP contribution < -0.4 is 9.47 Å². The lowest BCUT2D eigenvalue weighted by molar-refractivity contribution is -0.144. The molecule has 8 heteroatoms. The third-order valence-electron chi connectivity index (χ3n) is 5.06. The van der Waals surface area contributed by atoms with E-state index >= 15 is 0 Å². The number of benzene rings is 1. The first-order chi connectivity index (χ1) is 13.6. The Morgan fingerprint density at radius 2 is 2.14 bits per heavy atom. The smallest absolute Gasteiger partial charge is 0.245 e. The molecule has 1 aromatic heterocycles. The maximum absolute atomic E-state index is 13.3. The van der Waals surface area contributed by atoms with Crippen molar-refractivity contribution in [1.29, 1.82) is 0 Å². The molecule has 28 heavy (non-hydrogen) atoms. The number of fused-ring (bicyclic) bond motifs is 1. The van der Waals surface area contributed by atoms with Gasteiger partial charge < -0.3 is 19.3 Å². The van der Waals surface area contributed by atoms with Gasteiger partial charge in [0.05, 0.1) is 13.1 Å². The third kappa shape index (κ3) is 3.96. The largest absolute Gasteiger partial charge is 0.486 e. The lowest BCUT2D eigenvalue weighted by Gasteiger charge is -2.33. The minimum absolute atomic E-state index is 0.0506. The highest BCUT2D eigenvalue weighted by atomic mass is 32.1. The molecule has 0 bridgehead atoms. The van der Waals surface area contributed by atoms with Gasteiger partial charge in [0.2, 0.25) is 11.8 Å². The quantitative estimate of drug-likeness (QED) is 0.769. The van der Waals surface area contributed by atoms with Gasteiger partial charge in [-0.3, -0.25) is 9.59 Å². The summed E-state index contributed by atoms with van der Waals surface area (Å²) in [6.45, 7) is 3.31. The van der Waals surface area contributed by atoms with Gasteiger partial charge in [0.25, 0.3) is 0 Å². The molecule has 2 aliphatic rings. The van der Waals surface area contributed by atoms with Crippen molar-refractivity contribution in [2.45, 2.75) is 38.5 Å². The molecular weight excluding hydrogens is 378 g/mol. The molecule has 1 aromatic carbocycles. The minimum atomic E-state index is -0.408. The fourth-order valence-corrected chi connectivity index (χ4v) is 4.37. The van der Waals surface area contributed by atoms with E-state index in [1.807, 2.05) is 29.6 Å². The van der Waals surface area contributed by atoms with Crippen molar-refractivity contribution in [3.63, 3.8) is 0 Å². The highest BCUT2D eigenvalue weighted by Gasteiger charge is 2.36. The van der Waals surface area contributed by atoms with Crippen LogP contribution in [0.1, 0.15) is 24.8 Å². The Kier molecular flexibility index (Phi) is 5.47. The maximum atomic E-state index is 13.3. The van der Waals surface area contributed by atoms with Crippen molar-refractivity contribution < 1.29 is 19.1 Å². The zero-order valence-electron chi connectivity index (χ0n) is 15.7. The molecule has 2 aromatic rings. The first kappa shape index (κ1) is 18.7. The van der Waals surface area contributed by atoms with E-state index in [-0.39, 0.29) is 17.9 Å². The molecule has 0 spiro atoms. The Morgan fingerprint density at radius 3 is 2.89 bits per heavy atom. The number of aromatic nitrogens is 1. The van der Waals surface area contributed by atoms with Crippen LogP contribution in [0.25, 0.3) is 0 Å². The van der Waals surface area contributed by atoms with Crippen LogP contribution in [-0.4, -0.2) is 58.4 Å². The molecule has 148 valence electrons. The van der Waals surface area contributed by atoms with Gasteiger partial charge in [-0.25, -0.2) is 4.98 Å². The lowest BCUT2D eigenvalue weighted by Crippen LogP contribution is -2.50. The van der Waals surface area contributed by atoms with Crippen LogP contribution in [0.15, 0.2) is 35.8 Å². The number of carbonyl (C=O) groups is 2. The highest BCUT2D eigenvalue weighted by molar-refractivity contribution is 7.09. The van der Waals surface area contributed by atoms with Crippen LogP contribution in [0.4, 0.5) is 0 Å². The number of hydrogen-bond donors (Lipinski definition) is 0. The molecule has 0 saturated carbocycles. The predicted molar refractivity (Wildman–Crippen MR) is 104 cm³/mol. The van der Waals surface area contributed by atoms with Crippen LogP contribution in [0.2, 0.25) is 0 Å². The molecule has 0 aliphatic carbocycles. The van der Waals surface area contributed by atoms with Crippen LogP contribution >= 0.6 is 11.3 Å². The normalized spacial score (nSPS) is 20.8. The second-order valence-electron chi connectivity index (χ2n) is 7.01. The molecular formula is C20H23N3O4S. The molecule has 0 N–H and O–H groups in total. The lowest BCUT2D eigenvalue weighted by atomic mass is 10.1. The summed E-state index contributed by atoms with van der Waals surface area (Å²) in [5, 5.41) is 2.75. The van der Waals surface area contributed by atoms with E-state index < -0.39 is 6.04 Å². The summed E-state index contributed by atoms with van der Waals surface area (Å²) >= 11 is 1.51. The molecule has 2 unspecified atom stereocenters. The van der Waals surface area contributed by atoms with Crippen molar-refractivity contribution in [3.05, 3.63) is 40.8 Å². The second kappa shape index (κ2) is 8.18. The zero-order valence-corrected chi connectivity index (χ0v) is 16.6. The van der Waals surface area contributed by atoms with E-state index in [2.05, 4.69) is 4.98 Å². The fourth-order valence-electron chi connectivity index (χ4n) is 3.74. The van der Waals surface area contributed by atoms with Gasteiger partial charge in [-0.15, -0.1) is 11.3 Å². The first-order valence-corrected chi connectivity index (χ1v) is 10.3. The van der Waals surface area contributed by atoms with E-state index in [1.165, 1.54) is 18.3 Å². The Morgan fingerprint density at radius 1 is 1.32 bits per heavy atom. The van der Waals surface area contributed by atoms with Gasteiger partial charge in [-0.1, -0.05) is 12.1 Å². The number of thiazole rings is 1. The van der Waals surface area contributed by atoms with Gasteiger partial charge >= 0.3 is 0 Å². The summed E-state index contributed by atoms with van der Waals surface area (Å²) in [7, 11) is 0. The zero-order chi connectivity index (χ0) is 19.5. The van der Waals surface area contributed by atoms with E-state index in [0.717, 1.165) is 17.2 Å². The summed E-state index contributed by atoms with van der Waals surface area (Å²) in [5.41, 5.74) is 0. The molecule has 0 radical (unpaired) electrons. The minimum Gasteiger partial charge on any atom is -0.486 e. The number of likely N-dealkylation sites (tertiary alicyclic amines) is 1. The number of nitrogens with zero attached hydrogens (tertiary/aromatic N) is 3. The highest BCUT2D eigenvalue weighted by Crippen LogP contribution is 2.31. The number of ether oxygens (including phenoxy) is 2. The predicted octanol–water partition coefficient (Wildman–Crippen LogP) is 2.32. The topological polar surface area (TPSA) is 72.0 Å². The third-order valence-corrected chi connectivity index (χ3v) is 5.82. The van der Waals surface area contributed by atoms with E-state index in [0.29, 0.717) is 38.4 Å².